The number of hydrogen-bond acceptors (Lipinski definition) is 1. The number of ether oxygens (including phenoxy) is 1. The van der Waals surface area contributed by atoms with Gasteiger partial charge in [-0.05, 0) is 6.92 Å². The van der Waals surface area contributed by atoms with E-state index in [2.05, 4.69) is 20.7 Å². The van der Waals surface area contributed by atoms with Crippen LogP contribution in [-0.4, -0.2) is 6.61 Å². The van der Waals surface area contributed by atoms with Gasteiger partial charge in [-0.1, -0.05) is 15.9 Å². The molecule has 0 aromatic carbocycles. The predicted molar refractivity (Wildman–Crippen MR) is 29.7 cm³/mol. The molecule has 0 aliphatic carbocycles. The van der Waals surface area contributed by atoms with Crippen LogP contribution in [-0.2, 0) is 4.74 Å². The molecule has 0 fully saturated rings. The lowest BCUT2D eigenvalue weighted by Crippen LogP contribution is -1.81. The molecule has 0 saturated heterocycles. The quantitative estimate of drug-likeness (QED) is 0.575. The molecule has 7 heavy (non-hydrogen) atoms. The molecule has 0 saturated carbocycles. The molecule has 0 aromatic rings. The molecule has 0 aromatic heterocycles. The molecule has 0 bridgehead atoms. The lowest BCUT2D eigenvalue weighted by Gasteiger charge is -1.92. The minimum Gasteiger partial charge on any atom is -0.471 e. The summed E-state index contributed by atoms with van der Waals surface area (Å²) in [6.07, 6.45) is 0. The third kappa shape index (κ3) is 3.79. The highest BCUT2D eigenvalue weighted by molar-refractivity contribution is 9.11. The molecular weight excluding hydrogens is 163 g/mol. The maximum atomic E-state index is 11.7. The average Bonchev–Trinajstić information content (AvgIpc) is 1.68. The first kappa shape index (κ1) is 6.95. The van der Waals surface area contributed by atoms with Crippen LogP contribution in [0, 0.1) is 0 Å². The van der Waals surface area contributed by atoms with E-state index in [0.717, 1.165) is 4.99 Å². The zero-order valence-corrected chi connectivity index (χ0v) is 5.53. The molecule has 0 unspecified atom stereocenters. The topological polar surface area (TPSA) is 9.23 Å². The minimum atomic E-state index is -0.581. The van der Waals surface area contributed by atoms with E-state index in [4.69, 9.17) is 0 Å². The molecule has 0 N–H and O–H groups in total. The predicted octanol–water partition coefficient (Wildman–Crippen LogP) is 2.19. The van der Waals surface area contributed by atoms with E-state index in [9.17, 15) is 4.39 Å². The van der Waals surface area contributed by atoms with Crippen LogP contribution in [0.1, 0.15) is 6.92 Å². The van der Waals surface area contributed by atoms with Gasteiger partial charge in [-0.15, -0.1) is 0 Å². The molecule has 0 aliphatic rings. The molecule has 0 aliphatic heterocycles. The van der Waals surface area contributed by atoms with Gasteiger partial charge < -0.3 is 4.74 Å². The molecule has 1 nitrogen and oxygen atoms in total. The Bertz CT molecular complexity index is 72.1. The zero-order valence-electron chi connectivity index (χ0n) is 3.95. The second-order valence-electron chi connectivity index (χ2n) is 0.846. The van der Waals surface area contributed by atoms with Crippen molar-refractivity contribution in [1.29, 1.82) is 0 Å². The van der Waals surface area contributed by atoms with Gasteiger partial charge in [0.25, 0.3) is 6.01 Å². The van der Waals surface area contributed by atoms with Crippen LogP contribution in [0.4, 0.5) is 4.39 Å². The Labute approximate surface area is 50.3 Å². The summed E-state index contributed by atoms with van der Waals surface area (Å²) in [7, 11) is 0. The standard InChI is InChI=1S/C4H6BrFO/c1-2-7-4(6)3-5/h3H,2H2,1H3/b4-3+. The zero-order chi connectivity index (χ0) is 5.70. The van der Waals surface area contributed by atoms with E-state index in [1.54, 1.807) is 6.92 Å². The van der Waals surface area contributed by atoms with E-state index >= 15 is 0 Å². The Morgan fingerprint density at radius 3 is 2.71 bits per heavy atom. The Morgan fingerprint density at radius 1 is 2.00 bits per heavy atom. The van der Waals surface area contributed by atoms with Crippen LogP contribution >= 0.6 is 15.9 Å². The largest absolute Gasteiger partial charge is 0.471 e. The summed E-state index contributed by atoms with van der Waals surface area (Å²) in [5, 5.41) is 0. The van der Waals surface area contributed by atoms with Gasteiger partial charge in [0.2, 0.25) is 0 Å². The van der Waals surface area contributed by atoms with Crippen molar-refractivity contribution in [2.45, 2.75) is 6.92 Å². The van der Waals surface area contributed by atoms with Gasteiger partial charge in [-0.3, -0.25) is 0 Å². The Hall–Kier alpha value is -0.0500. The third-order valence-corrected chi connectivity index (χ3v) is 0.728. The normalized spacial score (nSPS) is 11.6. The average molecular weight is 169 g/mol. The third-order valence-electron chi connectivity index (χ3n) is 0.368. The van der Waals surface area contributed by atoms with E-state index in [1.807, 2.05) is 0 Å². The number of halogens is 2. The van der Waals surface area contributed by atoms with Gasteiger partial charge in [0.05, 0.1) is 11.6 Å². The summed E-state index contributed by atoms with van der Waals surface area (Å²) < 4.78 is 16.1. The smallest absolute Gasteiger partial charge is 0.279 e. The van der Waals surface area contributed by atoms with Crippen LogP contribution in [0.2, 0.25) is 0 Å². The summed E-state index contributed by atoms with van der Waals surface area (Å²) in [5.41, 5.74) is 0. The molecule has 0 amide bonds. The summed E-state index contributed by atoms with van der Waals surface area (Å²) in [4.78, 5) is 1.09. The summed E-state index contributed by atoms with van der Waals surface area (Å²) >= 11 is 2.75. The van der Waals surface area contributed by atoms with E-state index in [0.29, 0.717) is 6.61 Å². The van der Waals surface area contributed by atoms with Crippen molar-refractivity contribution < 1.29 is 9.13 Å². The number of hydrogen-bond donors (Lipinski definition) is 0. The lowest BCUT2D eigenvalue weighted by atomic mass is 10.9. The van der Waals surface area contributed by atoms with Crippen molar-refractivity contribution >= 4 is 15.9 Å². The van der Waals surface area contributed by atoms with Crippen molar-refractivity contribution in [3.05, 3.63) is 11.0 Å². The van der Waals surface area contributed by atoms with Gasteiger partial charge in [0.1, 0.15) is 0 Å². The molecular formula is C4H6BrFO. The summed E-state index contributed by atoms with van der Waals surface area (Å²) in [6.45, 7) is 2.09. The Balaban J connectivity index is 3.17. The van der Waals surface area contributed by atoms with Gasteiger partial charge in [-0.2, -0.15) is 4.39 Å². The molecule has 3 heteroatoms. The van der Waals surface area contributed by atoms with Crippen molar-refractivity contribution in [1.82, 2.24) is 0 Å². The first-order chi connectivity index (χ1) is 3.31. The number of rotatable bonds is 2. The van der Waals surface area contributed by atoms with Crippen molar-refractivity contribution in [2.24, 2.45) is 0 Å². The highest BCUT2D eigenvalue weighted by atomic mass is 79.9. The fourth-order valence-electron chi connectivity index (χ4n) is 0.169. The molecule has 42 valence electrons. The highest BCUT2D eigenvalue weighted by Gasteiger charge is 1.85. The first-order valence-electron chi connectivity index (χ1n) is 1.90. The van der Waals surface area contributed by atoms with E-state index in [-0.39, 0.29) is 0 Å². The minimum absolute atomic E-state index is 0.369. The SMILES string of the molecule is CCO/C(F)=C/Br. The van der Waals surface area contributed by atoms with Crippen molar-refractivity contribution in [3.8, 4) is 0 Å². The molecule has 0 radical (unpaired) electrons. The van der Waals surface area contributed by atoms with Gasteiger partial charge in [0.15, 0.2) is 0 Å². The molecule has 0 atom stereocenters. The molecule has 0 rings (SSSR count). The molecule has 0 spiro atoms. The van der Waals surface area contributed by atoms with Crippen LogP contribution in [0.5, 0.6) is 0 Å². The monoisotopic (exact) mass is 168 g/mol. The van der Waals surface area contributed by atoms with Gasteiger partial charge in [-0.25, -0.2) is 0 Å². The fourth-order valence-corrected chi connectivity index (χ4v) is 0.302. The van der Waals surface area contributed by atoms with Gasteiger partial charge in [0, 0.05) is 0 Å². The Morgan fingerprint density at radius 2 is 2.57 bits per heavy atom. The van der Waals surface area contributed by atoms with Crippen molar-refractivity contribution in [2.75, 3.05) is 6.61 Å². The van der Waals surface area contributed by atoms with Crippen LogP contribution in [0.3, 0.4) is 0 Å². The van der Waals surface area contributed by atoms with E-state index < -0.39 is 6.01 Å². The maximum Gasteiger partial charge on any atom is 0.279 e. The fraction of sp³-hybridized carbons (Fsp3) is 0.500. The maximum absolute atomic E-state index is 11.7. The van der Waals surface area contributed by atoms with Crippen LogP contribution in [0.15, 0.2) is 11.0 Å². The van der Waals surface area contributed by atoms with Crippen LogP contribution < -0.4 is 0 Å². The lowest BCUT2D eigenvalue weighted by molar-refractivity contribution is 0.159. The van der Waals surface area contributed by atoms with Gasteiger partial charge >= 0.3 is 0 Å². The second kappa shape index (κ2) is 4.12. The molecule has 0 heterocycles. The highest BCUT2D eigenvalue weighted by Crippen LogP contribution is 2.00. The van der Waals surface area contributed by atoms with Crippen LogP contribution in [0.25, 0.3) is 0 Å². The van der Waals surface area contributed by atoms with Crippen molar-refractivity contribution in [3.63, 3.8) is 0 Å². The van der Waals surface area contributed by atoms with E-state index in [1.165, 1.54) is 0 Å². The summed E-state index contributed by atoms with van der Waals surface area (Å²) in [5.74, 6) is 0. The second-order valence-corrected chi connectivity index (χ2v) is 1.30. The summed E-state index contributed by atoms with van der Waals surface area (Å²) in [6, 6.07) is -0.581. The first-order valence-corrected chi connectivity index (χ1v) is 2.81. The Kier molecular flexibility index (Phi) is 4.09.